The van der Waals surface area contributed by atoms with E-state index in [0.717, 1.165) is 43.6 Å². The molecule has 0 spiro atoms. The van der Waals surface area contributed by atoms with E-state index in [1.807, 2.05) is 24.5 Å². The molecule has 0 unspecified atom stereocenters. The van der Waals surface area contributed by atoms with E-state index < -0.39 is 0 Å². The van der Waals surface area contributed by atoms with Gasteiger partial charge in [-0.1, -0.05) is 18.2 Å². The maximum absolute atomic E-state index is 4.60. The topological polar surface area (TPSA) is 54.5 Å². The van der Waals surface area contributed by atoms with Crippen LogP contribution in [0.3, 0.4) is 0 Å². The second-order valence-electron chi connectivity index (χ2n) is 5.12. The highest BCUT2D eigenvalue weighted by Gasteiger charge is 2.10. The molecule has 0 saturated heterocycles. The molecule has 0 amide bonds. The van der Waals surface area contributed by atoms with Crippen LogP contribution in [0, 0.1) is 0 Å². The molecule has 5 aromatic rings. The van der Waals surface area contributed by atoms with Gasteiger partial charge in [-0.05, 0) is 23.6 Å². The minimum absolute atomic E-state index is 0.954. The van der Waals surface area contributed by atoms with Gasteiger partial charge in [0.05, 0.1) is 28.4 Å². The first-order chi connectivity index (χ1) is 10.4. The van der Waals surface area contributed by atoms with Crippen molar-refractivity contribution in [2.24, 2.45) is 0 Å². The summed E-state index contributed by atoms with van der Waals surface area (Å²) >= 11 is 0. The molecule has 4 heteroatoms. The third kappa shape index (κ3) is 1.36. The number of fused-ring (bicyclic) bond motifs is 7. The van der Waals surface area contributed by atoms with Crippen molar-refractivity contribution >= 4 is 43.6 Å². The molecule has 98 valence electrons. The number of hydrogen-bond acceptors (Lipinski definition) is 3. The number of aromatic nitrogens is 4. The molecule has 5 rings (SSSR count). The van der Waals surface area contributed by atoms with Crippen molar-refractivity contribution in [3.63, 3.8) is 0 Å². The van der Waals surface area contributed by atoms with Crippen LogP contribution in [0.4, 0.5) is 0 Å². The van der Waals surface area contributed by atoms with Gasteiger partial charge in [-0.2, -0.15) is 0 Å². The van der Waals surface area contributed by atoms with E-state index >= 15 is 0 Å². The van der Waals surface area contributed by atoms with E-state index in [4.69, 9.17) is 0 Å². The largest absolute Gasteiger partial charge is 0.345 e. The minimum Gasteiger partial charge on any atom is -0.345 e. The summed E-state index contributed by atoms with van der Waals surface area (Å²) in [6.45, 7) is 0. The molecule has 21 heavy (non-hydrogen) atoms. The van der Waals surface area contributed by atoms with Gasteiger partial charge in [0, 0.05) is 28.6 Å². The molecule has 3 aromatic heterocycles. The van der Waals surface area contributed by atoms with Gasteiger partial charge in [-0.25, -0.2) is 4.98 Å². The Kier molecular flexibility index (Phi) is 1.92. The third-order valence-electron chi connectivity index (χ3n) is 3.99. The van der Waals surface area contributed by atoms with Gasteiger partial charge in [0.25, 0.3) is 0 Å². The monoisotopic (exact) mass is 270 g/mol. The molecule has 0 fully saturated rings. The Morgan fingerprint density at radius 1 is 0.810 bits per heavy atom. The van der Waals surface area contributed by atoms with Gasteiger partial charge in [-0.15, -0.1) is 0 Å². The van der Waals surface area contributed by atoms with Gasteiger partial charge in [0.15, 0.2) is 0 Å². The number of aromatic amines is 1. The fourth-order valence-corrected chi connectivity index (χ4v) is 3.02. The summed E-state index contributed by atoms with van der Waals surface area (Å²) in [5.41, 5.74) is 3.93. The van der Waals surface area contributed by atoms with Crippen molar-refractivity contribution in [2.75, 3.05) is 0 Å². The molecule has 0 saturated carbocycles. The summed E-state index contributed by atoms with van der Waals surface area (Å²) < 4.78 is 0. The number of benzene rings is 2. The molecule has 0 bridgehead atoms. The second kappa shape index (κ2) is 3.76. The number of rotatable bonds is 0. The predicted molar refractivity (Wildman–Crippen MR) is 84.2 cm³/mol. The molecule has 2 aromatic carbocycles. The van der Waals surface area contributed by atoms with E-state index in [1.165, 1.54) is 0 Å². The smallest absolute Gasteiger partial charge is 0.0976 e. The summed E-state index contributed by atoms with van der Waals surface area (Å²) in [6.07, 6.45) is 5.44. The third-order valence-corrected chi connectivity index (χ3v) is 3.99. The normalized spacial score (nSPS) is 11.8. The lowest BCUT2D eigenvalue weighted by Gasteiger charge is -2.06. The maximum atomic E-state index is 4.60. The summed E-state index contributed by atoms with van der Waals surface area (Å²) in [7, 11) is 0. The van der Waals surface area contributed by atoms with Gasteiger partial charge >= 0.3 is 0 Å². The number of nitrogens with one attached hydrogen (secondary N) is 1. The highest BCUT2D eigenvalue weighted by molar-refractivity contribution is 6.21. The van der Waals surface area contributed by atoms with Crippen molar-refractivity contribution in [2.45, 2.75) is 0 Å². The maximum Gasteiger partial charge on any atom is 0.0976 e. The number of pyridine rings is 2. The quantitative estimate of drug-likeness (QED) is 0.435. The van der Waals surface area contributed by atoms with Crippen molar-refractivity contribution in [1.82, 2.24) is 19.9 Å². The minimum atomic E-state index is 0.954. The van der Waals surface area contributed by atoms with Crippen molar-refractivity contribution in [1.29, 1.82) is 0 Å². The van der Waals surface area contributed by atoms with E-state index in [0.29, 0.717) is 0 Å². The Morgan fingerprint density at radius 2 is 1.81 bits per heavy atom. The van der Waals surface area contributed by atoms with Crippen LogP contribution in [0.5, 0.6) is 0 Å². The van der Waals surface area contributed by atoms with Crippen LogP contribution in [-0.4, -0.2) is 19.9 Å². The van der Waals surface area contributed by atoms with E-state index in [2.05, 4.69) is 44.2 Å². The van der Waals surface area contributed by atoms with Crippen molar-refractivity contribution in [3.05, 3.63) is 55.1 Å². The summed E-state index contributed by atoms with van der Waals surface area (Å²) in [5, 5.41) is 4.42. The Morgan fingerprint density at radius 3 is 2.81 bits per heavy atom. The Labute approximate surface area is 119 Å². The molecular weight excluding hydrogens is 260 g/mol. The van der Waals surface area contributed by atoms with E-state index in [9.17, 15) is 0 Å². The summed E-state index contributed by atoms with van der Waals surface area (Å²) in [6, 6.07) is 12.3. The van der Waals surface area contributed by atoms with Crippen LogP contribution in [-0.2, 0) is 0 Å². The molecule has 4 nitrogen and oxygen atoms in total. The van der Waals surface area contributed by atoms with Crippen LogP contribution in [0.1, 0.15) is 0 Å². The number of imidazole rings is 1. The highest BCUT2D eigenvalue weighted by Crippen LogP contribution is 2.32. The van der Waals surface area contributed by atoms with Gasteiger partial charge in [0.2, 0.25) is 0 Å². The van der Waals surface area contributed by atoms with Gasteiger partial charge in [-0.3, -0.25) is 9.97 Å². The molecule has 0 aliphatic heterocycles. The van der Waals surface area contributed by atoms with Gasteiger partial charge in [0.1, 0.15) is 0 Å². The molecule has 1 N–H and O–H groups in total. The van der Waals surface area contributed by atoms with Crippen LogP contribution in [0.15, 0.2) is 55.1 Å². The van der Waals surface area contributed by atoms with Crippen molar-refractivity contribution in [3.8, 4) is 0 Å². The van der Waals surface area contributed by atoms with Crippen LogP contribution in [0.2, 0.25) is 0 Å². The average molecular weight is 270 g/mol. The zero-order valence-corrected chi connectivity index (χ0v) is 11.0. The first kappa shape index (κ1) is 10.7. The SMILES string of the molecule is c1cnc2c(c1)ccc1ncc3c(ccc4[nH]cnc43)c12. The first-order valence-electron chi connectivity index (χ1n) is 6.80. The van der Waals surface area contributed by atoms with Crippen LogP contribution >= 0.6 is 0 Å². The number of hydrogen-bond donors (Lipinski definition) is 1. The fourth-order valence-electron chi connectivity index (χ4n) is 3.02. The molecule has 3 heterocycles. The zero-order valence-electron chi connectivity index (χ0n) is 11.0. The standard InChI is InChI=1S/C17H10N4/c1-2-10-3-5-13-15(16(10)18-7-1)11-4-6-14-17(21-9-20-14)12(11)8-19-13/h1-9H,(H,20,21). The lowest BCUT2D eigenvalue weighted by Crippen LogP contribution is -1.87. The average Bonchev–Trinajstić information content (AvgIpc) is 3.03. The lowest BCUT2D eigenvalue weighted by molar-refractivity contribution is 1.35. The molecule has 0 aliphatic rings. The van der Waals surface area contributed by atoms with Crippen LogP contribution in [0.25, 0.3) is 43.6 Å². The zero-order chi connectivity index (χ0) is 13.8. The summed E-state index contributed by atoms with van der Waals surface area (Å²) in [4.78, 5) is 16.7. The Bertz CT molecular complexity index is 1140. The summed E-state index contributed by atoms with van der Waals surface area (Å²) in [5.74, 6) is 0. The second-order valence-corrected chi connectivity index (χ2v) is 5.12. The molecule has 0 radical (unpaired) electrons. The number of H-pyrrole nitrogens is 1. The number of nitrogens with zero attached hydrogens (tertiary/aromatic N) is 3. The predicted octanol–water partition coefficient (Wildman–Crippen LogP) is 3.81. The molecule has 0 aliphatic carbocycles. The first-order valence-corrected chi connectivity index (χ1v) is 6.80. The Balaban J connectivity index is 2.14. The molecule has 0 atom stereocenters. The van der Waals surface area contributed by atoms with E-state index in [1.54, 1.807) is 6.33 Å². The van der Waals surface area contributed by atoms with Crippen LogP contribution < -0.4 is 0 Å². The van der Waals surface area contributed by atoms with Gasteiger partial charge < -0.3 is 4.98 Å². The molecular formula is C17H10N4. The highest BCUT2D eigenvalue weighted by atomic mass is 14.9. The van der Waals surface area contributed by atoms with E-state index in [-0.39, 0.29) is 0 Å². The fraction of sp³-hybridized carbons (Fsp3) is 0. The Hall–Kier alpha value is -3.01. The lowest BCUT2D eigenvalue weighted by atomic mass is 10.0. The van der Waals surface area contributed by atoms with Crippen molar-refractivity contribution < 1.29 is 0 Å².